The van der Waals surface area contributed by atoms with E-state index in [9.17, 15) is 8.78 Å². The first-order valence-corrected chi connectivity index (χ1v) is 13.5. The van der Waals surface area contributed by atoms with E-state index in [1.165, 1.54) is 18.9 Å². The molecule has 1 N–H and O–H groups in total. The Bertz CT molecular complexity index is 1500. The third-order valence-electron chi connectivity index (χ3n) is 8.19. The van der Waals surface area contributed by atoms with Crippen molar-refractivity contribution in [2.24, 2.45) is 5.41 Å². The molecule has 1 aromatic carbocycles. The lowest BCUT2D eigenvalue weighted by atomic mass is 9.76. The first-order chi connectivity index (χ1) is 18.7. The number of likely N-dealkylation sites (tertiary alicyclic amines) is 1. The molecule has 6 rings (SSSR count). The molecular weight excluding hydrogens is 500 g/mol. The van der Waals surface area contributed by atoms with Crippen molar-refractivity contribution in [3.63, 3.8) is 0 Å². The van der Waals surface area contributed by atoms with E-state index in [-0.39, 0.29) is 29.2 Å². The highest BCUT2D eigenvalue weighted by Crippen LogP contribution is 2.40. The van der Waals surface area contributed by atoms with Crippen molar-refractivity contribution in [2.75, 3.05) is 31.6 Å². The molecule has 0 radical (unpaired) electrons. The Morgan fingerprint density at radius 1 is 0.974 bits per heavy atom. The number of piperidine rings is 1. The van der Waals surface area contributed by atoms with Gasteiger partial charge in [-0.05, 0) is 77.4 Å². The maximum atomic E-state index is 15.0. The molecule has 3 aromatic heterocycles. The van der Waals surface area contributed by atoms with Crippen LogP contribution in [0.2, 0.25) is 0 Å². The number of benzene rings is 1. The average molecular weight is 534 g/mol. The van der Waals surface area contributed by atoms with Crippen LogP contribution < -0.4 is 5.32 Å². The van der Waals surface area contributed by atoms with Gasteiger partial charge in [0.15, 0.2) is 11.6 Å². The Labute approximate surface area is 226 Å². The minimum Gasteiger partial charge on any atom is -0.380 e. The van der Waals surface area contributed by atoms with Crippen LogP contribution in [0.25, 0.3) is 22.3 Å². The minimum absolute atomic E-state index is 0.00688. The molecule has 2 aliphatic heterocycles. The number of nitrogens with one attached hydrogen (secondary N) is 1. The van der Waals surface area contributed by atoms with Crippen molar-refractivity contribution in [2.45, 2.75) is 52.6 Å². The maximum absolute atomic E-state index is 15.0. The molecule has 2 saturated heterocycles. The Kier molecular flexibility index (Phi) is 6.55. The van der Waals surface area contributed by atoms with Crippen molar-refractivity contribution < 1.29 is 13.5 Å². The van der Waals surface area contributed by atoms with E-state index in [1.54, 1.807) is 6.07 Å². The number of aryl methyl sites for hydroxylation is 1. The second kappa shape index (κ2) is 9.91. The number of hydrogen-bond donors (Lipinski definition) is 1. The summed E-state index contributed by atoms with van der Waals surface area (Å²) in [6.07, 6.45) is 5.28. The van der Waals surface area contributed by atoms with Crippen molar-refractivity contribution in [3.05, 3.63) is 59.7 Å². The summed E-state index contributed by atoms with van der Waals surface area (Å²) in [4.78, 5) is 19.9. The molecular formula is C29H33F2N7O. The summed E-state index contributed by atoms with van der Waals surface area (Å²) in [5, 5.41) is 3.06. The number of ether oxygens (including phenoxy) is 1. The van der Waals surface area contributed by atoms with E-state index in [1.807, 2.05) is 43.7 Å². The van der Waals surface area contributed by atoms with Gasteiger partial charge in [-0.3, -0.25) is 4.90 Å². The van der Waals surface area contributed by atoms with Crippen LogP contribution >= 0.6 is 0 Å². The molecule has 0 unspecified atom stereocenters. The largest absolute Gasteiger partial charge is 0.380 e. The molecule has 1 spiro atoms. The molecule has 1 atom stereocenters. The molecule has 0 saturated carbocycles. The number of anilines is 2. The molecule has 0 amide bonds. The van der Waals surface area contributed by atoms with Crippen LogP contribution in [0, 0.1) is 24.0 Å². The highest BCUT2D eigenvalue weighted by atomic mass is 19.1. The van der Waals surface area contributed by atoms with Gasteiger partial charge in [-0.25, -0.2) is 28.7 Å². The van der Waals surface area contributed by atoms with Crippen molar-refractivity contribution >= 4 is 22.8 Å². The molecule has 8 nitrogen and oxygen atoms in total. The number of rotatable bonds is 6. The number of fused-ring (bicyclic) bond motifs is 1. The second-order valence-corrected chi connectivity index (χ2v) is 11.1. The molecule has 0 bridgehead atoms. The highest BCUT2D eigenvalue weighted by molar-refractivity contribution is 5.83. The van der Waals surface area contributed by atoms with Crippen LogP contribution in [-0.2, 0) is 4.74 Å². The van der Waals surface area contributed by atoms with Crippen LogP contribution in [-0.4, -0.2) is 55.7 Å². The fourth-order valence-corrected chi connectivity index (χ4v) is 5.80. The summed E-state index contributed by atoms with van der Waals surface area (Å²) in [6.45, 7) is 11.9. The van der Waals surface area contributed by atoms with Gasteiger partial charge in [0.05, 0.1) is 24.9 Å². The van der Waals surface area contributed by atoms with Gasteiger partial charge in [0.25, 0.3) is 0 Å². The SMILES string of the molecule is Cc1nc2c(F)cc(-c3nc(Nc4ccc([C@H](C)N5CCC6(CC5)COC6)cn4)ncc3F)cc2n1C(C)C. The standard InChI is InChI=1S/C29H33F2N7O/c1-17(2)38-19(4)34-27-22(30)11-21(12-24(27)38)26-23(31)14-33-28(36-26)35-25-6-5-20(13-32-25)18(3)37-9-7-29(8-10-37)15-39-16-29/h5-6,11-14,17-18H,7-10,15-16H2,1-4H3,(H,32,33,35,36)/t18-/m0/s1. The molecule has 5 heterocycles. The molecule has 4 aromatic rings. The predicted octanol–water partition coefficient (Wildman–Crippen LogP) is 5.97. The zero-order valence-corrected chi connectivity index (χ0v) is 22.7. The van der Waals surface area contributed by atoms with Gasteiger partial charge >= 0.3 is 0 Å². The molecule has 2 fully saturated rings. The van der Waals surface area contributed by atoms with E-state index in [0.29, 0.717) is 28.1 Å². The van der Waals surface area contributed by atoms with Gasteiger partial charge in [0.2, 0.25) is 5.95 Å². The van der Waals surface area contributed by atoms with Crippen molar-refractivity contribution in [3.8, 4) is 11.3 Å². The predicted molar refractivity (Wildman–Crippen MR) is 146 cm³/mol. The summed E-state index contributed by atoms with van der Waals surface area (Å²) in [5.74, 6) is 0.262. The third-order valence-corrected chi connectivity index (χ3v) is 8.19. The Hall–Kier alpha value is -3.50. The Morgan fingerprint density at radius 3 is 2.38 bits per heavy atom. The first-order valence-electron chi connectivity index (χ1n) is 13.5. The van der Waals surface area contributed by atoms with Crippen molar-refractivity contribution in [1.82, 2.24) is 29.4 Å². The van der Waals surface area contributed by atoms with Crippen LogP contribution in [0.3, 0.4) is 0 Å². The summed E-state index contributed by atoms with van der Waals surface area (Å²) in [6, 6.07) is 7.23. The number of aromatic nitrogens is 5. The highest BCUT2D eigenvalue weighted by Gasteiger charge is 2.41. The van der Waals surface area contributed by atoms with Gasteiger partial charge in [0.1, 0.15) is 22.9 Å². The second-order valence-electron chi connectivity index (χ2n) is 11.1. The van der Waals surface area contributed by atoms with Crippen molar-refractivity contribution in [1.29, 1.82) is 0 Å². The van der Waals surface area contributed by atoms with E-state index >= 15 is 0 Å². The number of imidazole rings is 1. The van der Waals surface area contributed by atoms with Gasteiger partial charge < -0.3 is 14.6 Å². The van der Waals surface area contributed by atoms with E-state index < -0.39 is 11.6 Å². The smallest absolute Gasteiger partial charge is 0.229 e. The van der Waals surface area contributed by atoms with E-state index in [0.717, 1.165) is 38.1 Å². The fraction of sp³-hybridized carbons (Fsp3) is 0.448. The topological polar surface area (TPSA) is 81.0 Å². The Morgan fingerprint density at radius 2 is 1.74 bits per heavy atom. The molecule has 39 heavy (non-hydrogen) atoms. The van der Waals surface area contributed by atoms with Crippen LogP contribution in [0.1, 0.15) is 57.1 Å². The molecule has 204 valence electrons. The first kappa shape index (κ1) is 25.8. The fourth-order valence-electron chi connectivity index (χ4n) is 5.80. The number of pyridine rings is 1. The summed E-state index contributed by atoms with van der Waals surface area (Å²) in [7, 11) is 0. The summed E-state index contributed by atoms with van der Waals surface area (Å²) >= 11 is 0. The van der Waals surface area contributed by atoms with Gasteiger partial charge in [-0.1, -0.05) is 6.07 Å². The van der Waals surface area contributed by atoms with E-state index in [2.05, 4.69) is 37.1 Å². The van der Waals surface area contributed by atoms with Gasteiger partial charge in [0, 0.05) is 29.3 Å². The monoisotopic (exact) mass is 533 g/mol. The van der Waals surface area contributed by atoms with Gasteiger partial charge in [-0.2, -0.15) is 0 Å². The quantitative estimate of drug-likeness (QED) is 0.327. The molecule has 2 aliphatic rings. The lowest BCUT2D eigenvalue weighted by molar-refractivity contribution is -0.142. The van der Waals surface area contributed by atoms with Crippen LogP contribution in [0.5, 0.6) is 0 Å². The third kappa shape index (κ3) is 4.76. The van der Waals surface area contributed by atoms with Crippen LogP contribution in [0.4, 0.5) is 20.5 Å². The number of hydrogen-bond acceptors (Lipinski definition) is 7. The number of nitrogens with zero attached hydrogens (tertiary/aromatic N) is 6. The lowest BCUT2D eigenvalue weighted by Gasteiger charge is -2.48. The lowest BCUT2D eigenvalue weighted by Crippen LogP contribution is -2.51. The van der Waals surface area contributed by atoms with E-state index in [4.69, 9.17) is 4.74 Å². The maximum Gasteiger partial charge on any atom is 0.229 e. The zero-order valence-electron chi connectivity index (χ0n) is 22.7. The van der Waals surface area contributed by atoms with Gasteiger partial charge in [-0.15, -0.1) is 0 Å². The number of halogens is 2. The average Bonchev–Trinajstić information content (AvgIpc) is 3.25. The minimum atomic E-state index is -0.638. The molecule has 10 heteroatoms. The molecule has 0 aliphatic carbocycles. The Balaban J connectivity index is 1.21. The van der Waals surface area contributed by atoms with Crippen LogP contribution in [0.15, 0.2) is 36.7 Å². The summed E-state index contributed by atoms with van der Waals surface area (Å²) in [5.41, 5.74) is 2.72. The normalized spacial score (nSPS) is 18.0. The summed E-state index contributed by atoms with van der Waals surface area (Å²) < 4.78 is 37.2. The zero-order chi connectivity index (χ0) is 27.3.